The van der Waals surface area contributed by atoms with Crippen molar-refractivity contribution < 1.29 is 0 Å². The number of rotatable bonds is 5. The van der Waals surface area contributed by atoms with Crippen molar-refractivity contribution >= 4 is 0 Å². The van der Waals surface area contributed by atoms with Gasteiger partial charge in [-0.1, -0.05) is 0 Å². The van der Waals surface area contributed by atoms with Crippen LogP contribution in [0.1, 0.15) is 16.8 Å². The van der Waals surface area contributed by atoms with Crippen LogP contribution in [0.25, 0.3) is 0 Å². The Balaban J connectivity index is 1.75. The summed E-state index contributed by atoms with van der Waals surface area (Å²) in [6, 6.07) is 4.09. The number of nitrogens with one attached hydrogen (secondary N) is 1. The first-order valence-electron chi connectivity index (χ1n) is 5.84. The van der Waals surface area contributed by atoms with E-state index in [0.29, 0.717) is 0 Å². The molecule has 0 unspecified atom stereocenters. The zero-order valence-electron chi connectivity index (χ0n) is 10.3. The highest BCUT2D eigenvalue weighted by atomic mass is 15.2. The molecule has 0 aromatic carbocycles. The van der Waals surface area contributed by atoms with Gasteiger partial charge in [-0.15, -0.1) is 0 Å². The van der Waals surface area contributed by atoms with Gasteiger partial charge >= 0.3 is 0 Å². The lowest BCUT2D eigenvalue weighted by atomic mass is 10.1. The third-order valence-electron chi connectivity index (χ3n) is 2.79. The van der Waals surface area contributed by atoms with Crippen molar-refractivity contribution in [2.75, 3.05) is 6.54 Å². The molecule has 0 fully saturated rings. The Morgan fingerprint density at radius 1 is 1.35 bits per heavy atom. The minimum absolute atomic E-state index is 0.868. The van der Waals surface area contributed by atoms with Crippen molar-refractivity contribution in [2.45, 2.75) is 19.9 Å². The molecule has 2 heterocycles. The average molecular weight is 230 g/mol. The van der Waals surface area contributed by atoms with Gasteiger partial charge in [0, 0.05) is 45.1 Å². The van der Waals surface area contributed by atoms with Crippen LogP contribution in [0.5, 0.6) is 0 Å². The third-order valence-corrected chi connectivity index (χ3v) is 2.79. The van der Waals surface area contributed by atoms with Gasteiger partial charge < -0.3 is 5.32 Å². The number of aryl methyl sites for hydroxylation is 2. The molecular weight excluding hydrogens is 212 g/mol. The van der Waals surface area contributed by atoms with E-state index in [1.54, 1.807) is 0 Å². The van der Waals surface area contributed by atoms with Crippen LogP contribution in [0.4, 0.5) is 0 Å². The van der Waals surface area contributed by atoms with Crippen LogP contribution in [0, 0.1) is 6.92 Å². The van der Waals surface area contributed by atoms with Crippen LogP contribution in [0.2, 0.25) is 0 Å². The number of pyridine rings is 1. The van der Waals surface area contributed by atoms with E-state index in [1.165, 1.54) is 11.1 Å². The normalized spacial score (nSPS) is 10.7. The van der Waals surface area contributed by atoms with E-state index in [9.17, 15) is 0 Å². The minimum atomic E-state index is 0.868. The standard InChI is InChI=1S/C13H18N4/c1-11-3-6-14-9-12(11)10-15-7-4-13-5-8-17(2)16-13/h3,5-6,8-9,15H,4,7,10H2,1-2H3. The van der Waals surface area contributed by atoms with Gasteiger partial charge in [-0.2, -0.15) is 5.10 Å². The van der Waals surface area contributed by atoms with Gasteiger partial charge in [0.1, 0.15) is 0 Å². The lowest BCUT2D eigenvalue weighted by Gasteiger charge is -2.06. The quantitative estimate of drug-likeness (QED) is 0.791. The lowest BCUT2D eigenvalue weighted by molar-refractivity contribution is 0.662. The summed E-state index contributed by atoms with van der Waals surface area (Å²) >= 11 is 0. The predicted molar refractivity (Wildman–Crippen MR) is 67.6 cm³/mol. The zero-order valence-corrected chi connectivity index (χ0v) is 10.3. The molecule has 0 saturated carbocycles. The summed E-state index contributed by atoms with van der Waals surface area (Å²) < 4.78 is 1.83. The molecule has 0 atom stereocenters. The molecule has 2 aromatic heterocycles. The largest absolute Gasteiger partial charge is 0.312 e. The molecule has 0 aliphatic rings. The van der Waals surface area contributed by atoms with E-state index in [2.05, 4.69) is 28.4 Å². The molecule has 0 aliphatic carbocycles. The fourth-order valence-electron chi connectivity index (χ4n) is 1.72. The highest BCUT2D eigenvalue weighted by Crippen LogP contribution is 2.04. The molecule has 2 rings (SSSR count). The highest BCUT2D eigenvalue weighted by Gasteiger charge is 1.99. The summed E-state index contributed by atoms with van der Waals surface area (Å²) in [5.41, 5.74) is 3.67. The van der Waals surface area contributed by atoms with Crippen LogP contribution < -0.4 is 5.32 Å². The van der Waals surface area contributed by atoms with E-state index in [-0.39, 0.29) is 0 Å². The topological polar surface area (TPSA) is 42.7 Å². The van der Waals surface area contributed by atoms with Gasteiger partial charge in [-0.3, -0.25) is 9.67 Å². The fraction of sp³-hybridized carbons (Fsp3) is 0.385. The maximum atomic E-state index is 4.34. The van der Waals surface area contributed by atoms with Crippen molar-refractivity contribution in [3.05, 3.63) is 47.5 Å². The number of nitrogens with zero attached hydrogens (tertiary/aromatic N) is 3. The third kappa shape index (κ3) is 3.39. The van der Waals surface area contributed by atoms with Crippen LogP contribution in [0.3, 0.4) is 0 Å². The van der Waals surface area contributed by atoms with Crippen molar-refractivity contribution in [2.24, 2.45) is 7.05 Å². The van der Waals surface area contributed by atoms with Crippen LogP contribution in [0.15, 0.2) is 30.7 Å². The molecule has 0 aliphatic heterocycles. The Labute approximate surface area is 102 Å². The zero-order chi connectivity index (χ0) is 12.1. The summed E-state index contributed by atoms with van der Waals surface area (Å²) in [5, 5.41) is 7.75. The smallest absolute Gasteiger partial charge is 0.0637 e. The van der Waals surface area contributed by atoms with Crippen molar-refractivity contribution in [1.29, 1.82) is 0 Å². The Kier molecular flexibility index (Phi) is 3.88. The summed E-state index contributed by atoms with van der Waals surface area (Å²) in [7, 11) is 1.94. The van der Waals surface area contributed by atoms with E-state index in [0.717, 1.165) is 25.2 Å². The molecule has 1 N–H and O–H groups in total. The van der Waals surface area contributed by atoms with Crippen molar-refractivity contribution in [3.63, 3.8) is 0 Å². The number of hydrogen-bond donors (Lipinski definition) is 1. The van der Waals surface area contributed by atoms with Crippen molar-refractivity contribution in [1.82, 2.24) is 20.1 Å². The summed E-state index contributed by atoms with van der Waals surface area (Å²) in [4.78, 5) is 4.13. The van der Waals surface area contributed by atoms with Crippen LogP contribution in [-0.2, 0) is 20.0 Å². The maximum absolute atomic E-state index is 4.34. The first kappa shape index (κ1) is 11.8. The van der Waals surface area contributed by atoms with E-state index in [4.69, 9.17) is 0 Å². The van der Waals surface area contributed by atoms with Gasteiger partial charge in [0.15, 0.2) is 0 Å². The molecule has 90 valence electrons. The fourth-order valence-corrected chi connectivity index (χ4v) is 1.72. The molecule has 0 bridgehead atoms. The van der Waals surface area contributed by atoms with Crippen LogP contribution in [-0.4, -0.2) is 21.3 Å². The minimum Gasteiger partial charge on any atom is -0.312 e. The molecule has 4 nitrogen and oxygen atoms in total. The predicted octanol–water partition coefficient (Wildman–Crippen LogP) is 1.46. The Morgan fingerprint density at radius 2 is 2.24 bits per heavy atom. The highest BCUT2D eigenvalue weighted by molar-refractivity contribution is 5.20. The summed E-state index contributed by atoms with van der Waals surface area (Å²) in [6.45, 7) is 3.91. The monoisotopic (exact) mass is 230 g/mol. The molecule has 0 spiro atoms. The van der Waals surface area contributed by atoms with Gasteiger partial charge in [0.05, 0.1) is 5.69 Å². The van der Waals surface area contributed by atoms with E-state index in [1.807, 2.05) is 36.4 Å². The van der Waals surface area contributed by atoms with Crippen LogP contribution >= 0.6 is 0 Å². The van der Waals surface area contributed by atoms with E-state index < -0.39 is 0 Å². The van der Waals surface area contributed by atoms with E-state index >= 15 is 0 Å². The summed E-state index contributed by atoms with van der Waals surface area (Å²) in [5.74, 6) is 0. The number of hydrogen-bond acceptors (Lipinski definition) is 3. The lowest BCUT2D eigenvalue weighted by Crippen LogP contribution is -2.17. The van der Waals surface area contributed by atoms with Crippen molar-refractivity contribution in [3.8, 4) is 0 Å². The second kappa shape index (κ2) is 5.59. The SMILES string of the molecule is Cc1ccncc1CNCCc1ccn(C)n1. The van der Waals surface area contributed by atoms with Gasteiger partial charge in [0.2, 0.25) is 0 Å². The molecule has 0 amide bonds. The Morgan fingerprint density at radius 3 is 2.94 bits per heavy atom. The maximum Gasteiger partial charge on any atom is 0.0637 e. The average Bonchev–Trinajstić information content (AvgIpc) is 2.73. The van der Waals surface area contributed by atoms with Gasteiger partial charge in [0.25, 0.3) is 0 Å². The molecular formula is C13H18N4. The second-order valence-electron chi connectivity index (χ2n) is 4.21. The number of aromatic nitrogens is 3. The molecule has 17 heavy (non-hydrogen) atoms. The van der Waals surface area contributed by atoms with Gasteiger partial charge in [-0.05, 0) is 30.2 Å². The van der Waals surface area contributed by atoms with Gasteiger partial charge in [-0.25, -0.2) is 0 Å². The Bertz CT molecular complexity index is 476. The molecule has 2 aromatic rings. The second-order valence-corrected chi connectivity index (χ2v) is 4.21. The molecule has 4 heteroatoms. The first-order valence-corrected chi connectivity index (χ1v) is 5.84. The first-order chi connectivity index (χ1) is 8.25. The molecule has 0 saturated heterocycles. The summed E-state index contributed by atoms with van der Waals surface area (Å²) in [6.07, 6.45) is 6.68. The molecule has 0 radical (unpaired) electrons. The Hall–Kier alpha value is -1.68.